The van der Waals surface area contributed by atoms with Crippen LogP contribution in [0.1, 0.15) is 47.5 Å². The van der Waals surface area contributed by atoms with Gasteiger partial charge in [-0.05, 0) is 38.0 Å². The molecule has 0 saturated heterocycles. The fraction of sp³-hybridized carbons (Fsp3) is 0.923. The zero-order valence-corrected chi connectivity index (χ0v) is 11.2. The Kier molecular flexibility index (Phi) is 4.36. The molecule has 1 aliphatic carbocycles. The van der Waals surface area contributed by atoms with E-state index in [2.05, 4.69) is 26.1 Å². The van der Waals surface area contributed by atoms with E-state index in [4.69, 9.17) is 4.74 Å². The van der Waals surface area contributed by atoms with Crippen LogP contribution in [0.4, 0.5) is 0 Å². The van der Waals surface area contributed by atoms with Gasteiger partial charge in [0.05, 0.1) is 6.61 Å². The van der Waals surface area contributed by atoms with Crippen molar-refractivity contribution in [2.45, 2.75) is 59.5 Å². The highest BCUT2D eigenvalue weighted by Gasteiger charge is 2.37. The SMILES string of the molecule is CCOC(=O)C(C)NC1CC(C)(C)CC1C. The Balaban J connectivity index is 2.46. The monoisotopic (exact) mass is 227 g/mol. The maximum Gasteiger partial charge on any atom is 0.322 e. The quantitative estimate of drug-likeness (QED) is 0.749. The van der Waals surface area contributed by atoms with Gasteiger partial charge < -0.3 is 10.1 Å². The van der Waals surface area contributed by atoms with Gasteiger partial charge in [0.1, 0.15) is 6.04 Å². The standard InChI is InChI=1S/C13H25NO2/c1-6-16-12(15)10(3)14-11-8-13(4,5)7-9(11)2/h9-11,14H,6-8H2,1-5H3. The molecule has 0 aromatic rings. The second-order valence-corrected chi connectivity index (χ2v) is 5.80. The molecule has 0 spiro atoms. The Labute approximate surface area is 98.9 Å². The van der Waals surface area contributed by atoms with E-state index in [0.717, 1.165) is 6.42 Å². The van der Waals surface area contributed by atoms with Crippen LogP contribution in [-0.2, 0) is 9.53 Å². The van der Waals surface area contributed by atoms with Gasteiger partial charge in [0.2, 0.25) is 0 Å². The Morgan fingerprint density at radius 2 is 2.12 bits per heavy atom. The first-order valence-electron chi connectivity index (χ1n) is 6.28. The van der Waals surface area contributed by atoms with Crippen LogP contribution in [0.3, 0.4) is 0 Å². The van der Waals surface area contributed by atoms with Gasteiger partial charge in [-0.3, -0.25) is 4.79 Å². The minimum Gasteiger partial charge on any atom is -0.465 e. The highest BCUT2D eigenvalue weighted by molar-refractivity contribution is 5.75. The fourth-order valence-corrected chi connectivity index (χ4v) is 2.77. The molecule has 3 atom stereocenters. The van der Waals surface area contributed by atoms with Crippen molar-refractivity contribution < 1.29 is 9.53 Å². The van der Waals surface area contributed by atoms with Crippen LogP contribution < -0.4 is 5.32 Å². The van der Waals surface area contributed by atoms with Crippen LogP contribution in [0.5, 0.6) is 0 Å². The molecule has 0 aromatic heterocycles. The molecule has 16 heavy (non-hydrogen) atoms. The topological polar surface area (TPSA) is 38.3 Å². The summed E-state index contributed by atoms with van der Waals surface area (Å²) in [6.45, 7) is 11.0. The third kappa shape index (κ3) is 3.48. The first-order valence-corrected chi connectivity index (χ1v) is 6.28. The number of nitrogens with one attached hydrogen (secondary N) is 1. The van der Waals surface area contributed by atoms with Gasteiger partial charge in [-0.2, -0.15) is 0 Å². The molecule has 94 valence electrons. The lowest BCUT2D eigenvalue weighted by molar-refractivity contribution is -0.145. The molecule has 0 heterocycles. The number of hydrogen-bond acceptors (Lipinski definition) is 3. The molecule has 3 heteroatoms. The number of hydrogen-bond donors (Lipinski definition) is 1. The summed E-state index contributed by atoms with van der Waals surface area (Å²) in [6.07, 6.45) is 2.36. The van der Waals surface area contributed by atoms with Crippen molar-refractivity contribution in [3.8, 4) is 0 Å². The van der Waals surface area contributed by atoms with Gasteiger partial charge in [0, 0.05) is 6.04 Å². The minimum atomic E-state index is -0.193. The molecule has 0 amide bonds. The summed E-state index contributed by atoms with van der Waals surface area (Å²) >= 11 is 0. The van der Waals surface area contributed by atoms with Crippen molar-refractivity contribution in [1.82, 2.24) is 5.32 Å². The van der Waals surface area contributed by atoms with Crippen molar-refractivity contribution in [1.29, 1.82) is 0 Å². The lowest BCUT2D eigenvalue weighted by atomic mass is 9.91. The van der Waals surface area contributed by atoms with Gasteiger partial charge in [-0.25, -0.2) is 0 Å². The van der Waals surface area contributed by atoms with Crippen LogP contribution in [0.2, 0.25) is 0 Å². The molecule has 0 bridgehead atoms. The first-order chi connectivity index (χ1) is 7.35. The molecular formula is C13H25NO2. The fourth-order valence-electron chi connectivity index (χ4n) is 2.77. The largest absolute Gasteiger partial charge is 0.465 e. The molecule has 1 N–H and O–H groups in total. The second-order valence-electron chi connectivity index (χ2n) is 5.80. The van der Waals surface area contributed by atoms with Crippen LogP contribution in [0.25, 0.3) is 0 Å². The lowest BCUT2D eigenvalue weighted by Gasteiger charge is -2.22. The summed E-state index contributed by atoms with van der Waals surface area (Å²) in [6, 6.07) is 0.246. The van der Waals surface area contributed by atoms with Crippen molar-refractivity contribution >= 4 is 5.97 Å². The normalized spacial score (nSPS) is 30.1. The van der Waals surface area contributed by atoms with Crippen LogP contribution in [-0.4, -0.2) is 24.7 Å². The van der Waals surface area contributed by atoms with Gasteiger partial charge >= 0.3 is 5.97 Å². The predicted octanol–water partition coefficient (Wildman–Crippen LogP) is 2.35. The van der Waals surface area contributed by atoms with E-state index in [1.807, 2.05) is 13.8 Å². The zero-order chi connectivity index (χ0) is 12.3. The average molecular weight is 227 g/mol. The van der Waals surface area contributed by atoms with Gasteiger partial charge in [-0.15, -0.1) is 0 Å². The smallest absolute Gasteiger partial charge is 0.322 e. The van der Waals surface area contributed by atoms with E-state index in [-0.39, 0.29) is 12.0 Å². The summed E-state index contributed by atoms with van der Waals surface area (Å²) in [5.74, 6) is 0.492. The molecule has 1 rings (SSSR count). The minimum absolute atomic E-state index is 0.139. The Hall–Kier alpha value is -0.570. The highest BCUT2D eigenvalue weighted by atomic mass is 16.5. The van der Waals surface area contributed by atoms with E-state index in [1.54, 1.807) is 0 Å². The Morgan fingerprint density at radius 3 is 2.56 bits per heavy atom. The van der Waals surface area contributed by atoms with E-state index in [1.165, 1.54) is 6.42 Å². The molecule has 1 saturated carbocycles. The van der Waals surface area contributed by atoms with E-state index >= 15 is 0 Å². The van der Waals surface area contributed by atoms with Crippen LogP contribution in [0.15, 0.2) is 0 Å². The lowest BCUT2D eigenvalue weighted by Crippen LogP contribution is -2.43. The summed E-state index contributed by atoms with van der Waals surface area (Å²) in [5.41, 5.74) is 0.394. The molecule has 1 aliphatic rings. The van der Waals surface area contributed by atoms with Gasteiger partial charge in [0.25, 0.3) is 0 Å². The molecule has 3 nitrogen and oxygen atoms in total. The highest BCUT2D eigenvalue weighted by Crippen LogP contribution is 2.40. The van der Waals surface area contributed by atoms with Crippen molar-refractivity contribution in [2.75, 3.05) is 6.61 Å². The first kappa shape index (κ1) is 13.5. The summed E-state index contributed by atoms with van der Waals surface area (Å²) in [7, 11) is 0. The molecule has 1 fully saturated rings. The van der Waals surface area contributed by atoms with E-state index in [0.29, 0.717) is 24.0 Å². The Bertz CT molecular complexity index is 250. The van der Waals surface area contributed by atoms with Gasteiger partial charge in [-0.1, -0.05) is 20.8 Å². The van der Waals surface area contributed by atoms with Crippen molar-refractivity contribution in [2.24, 2.45) is 11.3 Å². The van der Waals surface area contributed by atoms with Crippen molar-refractivity contribution in [3.63, 3.8) is 0 Å². The average Bonchev–Trinajstić information content (AvgIpc) is 2.40. The third-order valence-electron chi connectivity index (χ3n) is 3.44. The number of rotatable bonds is 4. The second kappa shape index (κ2) is 5.17. The summed E-state index contributed by atoms with van der Waals surface area (Å²) in [4.78, 5) is 11.5. The number of ether oxygens (including phenoxy) is 1. The molecule has 3 unspecified atom stereocenters. The van der Waals surface area contributed by atoms with E-state index in [9.17, 15) is 4.79 Å². The molecular weight excluding hydrogens is 202 g/mol. The van der Waals surface area contributed by atoms with Gasteiger partial charge in [0.15, 0.2) is 0 Å². The maximum atomic E-state index is 11.5. The van der Waals surface area contributed by atoms with Crippen LogP contribution in [0, 0.1) is 11.3 Å². The molecule has 0 radical (unpaired) electrons. The van der Waals surface area contributed by atoms with Crippen LogP contribution >= 0.6 is 0 Å². The zero-order valence-electron chi connectivity index (χ0n) is 11.2. The number of carbonyl (C=O) groups excluding carboxylic acids is 1. The van der Waals surface area contributed by atoms with Crippen molar-refractivity contribution in [3.05, 3.63) is 0 Å². The molecule has 0 aromatic carbocycles. The number of esters is 1. The predicted molar refractivity (Wildman–Crippen MR) is 65.2 cm³/mol. The third-order valence-corrected chi connectivity index (χ3v) is 3.44. The molecule has 0 aliphatic heterocycles. The number of carbonyl (C=O) groups is 1. The Morgan fingerprint density at radius 1 is 1.50 bits per heavy atom. The summed E-state index contributed by atoms with van der Waals surface area (Å²) < 4.78 is 5.00. The van der Waals surface area contributed by atoms with E-state index < -0.39 is 0 Å². The maximum absolute atomic E-state index is 11.5. The summed E-state index contributed by atoms with van der Waals surface area (Å²) in [5, 5.41) is 3.39.